The summed E-state index contributed by atoms with van der Waals surface area (Å²) >= 11 is 0. The molecule has 11 heteroatoms. The SMILES string of the molecule is [C-]#[N+]c1ccc(CN(Cc2ccc(Oc3cc(OCCc4cccnc4)cc(C(=O)CCc4ccccn4)c3)cc2)c2cccc(NS(C)(=O)=O)c2C)cc1. The minimum absolute atomic E-state index is 0.0431. The molecule has 0 fully saturated rings. The molecule has 0 amide bonds. The number of ether oxygens (including phenoxy) is 2. The van der Waals surface area contributed by atoms with E-state index in [0.717, 1.165) is 39.9 Å². The molecule has 0 spiro atoms. The van der Waals surface area contributed by atoms with E-state index in [9.17, 15) is 13.2 Å². The lowest BCUT2D eigenvalue weighted by molar-refractivity contribution is 0.0981. The Morgan fingerprint density at radius 1 is 0.800 bits per heavy atom. The maximum Gasteiger partial charge on any atom is 0.229 e. The minimum atomic E-state index is -3.48. The van der Waals surface area contributed by atoms with Gasteiger partial charge in [-0.3, -0.25) is 19.5 Å². The second-order valence-electron chi connectivity index (χ2n) is 13.1. The number of anilines is 2. The summed E-state index contributed by atoms with van der Waals surface area (Å²) in [6.45, 7) is 10.6. The number of nitrogens with zero attached hydrogens (tertiary/aromatic N) is 4. The maximum absolute atomic E-state index is 13.4. The van der Waals surface area contributed by atoms with E-state index >= 15 is 0 Å². The van der Waals surface area contributed by atoms with Crippen LogP contribution in [0.4, 0.5) is 17.1 Å². The quantitative estimate of drug-likeness (QED) is 0.0725. The number of ketones is 1. The summed E-state index contributed by atoms with van der Waals surface area (Å²) in [4.78, 5) is 27.6. The number of aryl methyl sites for hydroxylation is 1. The van der Waals surface area contributed by atoms with Crippen molar-refractivity contribution >= 4 is 32.9 Å². The van der Waals surface area contributed by atoms with Crippen LogP contribution < -0.4 is 19.1 Å². The molecule has 0 unspecified atom stereocenters. The Labute approximate surface area is 322 Å². The van der Waals surface area contributed by atoms with Crippen LogP contribution in [0.1, 0.15) is 44.7 Å². The molecule has 2 heterocycles. The first-order valence-electron chi connectivity index (χ1n) is 17.8. The van der Waals surface area contributed by atoms with Crippen LogP contribution in [0.15, 0.2) is 134 Å². The van der Waals surface area contributed by atoms with Crippen molar-refractivity contribution in [2.45, 2.75) is 39.3 Å². The van der Waals surface area contributed by atoms with Gasteiger partial charge in [0, 0.05) is 67.5 Å². The molecule has 0 aliphatic rings. The molecule has 6 aromatic rings. The van der Waals surface area contributed by atoms with Gasteiger partial charge in [0.1, 0.15) is 17.2 Å². The zero-order valence-electron chi connectivity index (χ0n) is 30.7. The van der Waals surface area contributed by atoms with Gasteiger partial charge in [0.2, 0.25) is 10.0 Å². The molecular formula is C44H41N5O5S. The number of carbonyl (C=O) groups is 1. The molecule has 0 bridgehead atoms. The Kier molecular flexibility index (Phi) is 12.5. The lowest BCUT2D eigenvalue weighted by Gasteiger charge is -2.28. The summed E-state index contributed by atoms with van der Waals surface area (Å²) in [5.41, 5.74) is 7.10. The third-order valence-corrected chi connectivity index (χ3v) is 9.42. The molecular weight excluding hydrogens is 711 g/mol. The van der Waals surface area contributed by atoms with E-state index in [1.807, 2.05) is 85.8 Å². The Bertz CT molecular complexity index is 2370. The summed E-state index contributed by atoms with van der Waals surface area (Å²) in [5, 5.41) is 0. The van der Waals surface area contributed by atoms with Crippen molar-refractivity contribution in [3.8, 4) is 17.2 Å². The number of hydrogen-bond acceptors (Lipinski definition) is 8. The van der Waals surface area contributed by atoms with Gasteiger partial charge >= 0.3 is 0 Å². The van der Waals surface area contributed by atoms with Crippen LogP contribution >= 0.6 is 0 Å². The molecule has 0 aliphatic carbocycles. The highest BCUT2D eigenvalue weighted by atomic mass is 32.2. The molecule has 1 N–H and O–H groups in total. The summed E-state index contributed by atoms with van der Waals surface area (Å²) in [6.07, 6.45) is 7.86. The van der Waals surface area contributed by atoms with Gasteiger partial charge in [-0.2, -0.15) is 0 Å². The van der Waals surface area contributed by atoms with Crippen molar-refractivity contribution in [1.82, 2.24) is 9.97 Å². The highest BCUT2D eigenvalue weighted by Gasteiger charge is 2.16. The van der Waals surface area contributed by atoms with E-state index < -0.39 is 10.0 Å². The van der Waals surface area contributed by atoms with Crippen LogP contribution in [-0.4, -0.2) is 37.0 Å². The second-order valence-corrected chi connectivity index (χ2v) is 14.8. The van der Waals surface area contributed by atoms with Gasteiger partial charge in [0.05, 0.1) is 25.1 Å². The fraction of sp³-hybridized carbons (Fsp3) is 0.182. The van der Waals surface area contributed by atoms with Crippen molar-refractivity contribution in [2.24, 2.45) is 0 Å². The lowest BCUT2D eigenvalue weighted by Crippen LogP contribution is -2.23. The molecule has 0 atom stereocenters. The molecule has 4 aromatic carbocycles. The van der Waals surface area contributed by atoms with E-state index in [0.29, 0.717) is 66.7 Å². The number of aromatic nitrogens is 2. The highest BCUT2D eigenvalue weighted by Crippen LogP contribution is 2.32. The number of carbonyl (C=O) groups excluding carboxylic acids is 1. The van der Waals surface area contributed by atoms with Gasteiger partial charge in [-0.25, -0.2) is 13.3 Å². The third kappa shape index (κ3) is 11.2. The number of nitrogens with one attached hydrogen (secondary N) is 1. The van der Waals surface area contributed by atoms with Crippen LogP contribution in [0.2, 0.25) is 0 Å². The van der Waals surface area contributed by atoms with Gasteiger partial charge in [0.25, 0.3) is 0 Å². The minimum Gasteiger partial charge on any atom is -0.493 e. The lowest BCUT2D eigenvalue weighted by atomic mass is 10.0. The first-order valence-corrected chi connectivity index (χ1v) is 19.7. The van der Waals surface area contributed by atoms with Gasteiger partial charge in [0.15, 0.2) is 11.5 Å². The zero-order chi connectivity index (χ0) is 38.6. The van der Waals surface area contributed by atoms with Crippen molar-refractivity contribution in [1.29, 1.82) is 0 Å². The molecule has 0 saturated heterocycles. The Hall–Kier alpha value is -6.51. The molecule has 10 nitrogen and oxygen atoms in total. The topological polar surface area (TPSA) is 115 Å². The number of rotatable bonds is 17. The maximum atomic E-state index is 13.4. The monoisotopic (exact) mass is 751 g/mol. The van der Waals surface area contributed by atoms with E-state index in [2.05, 4.69) is 24.4 Å². The summed E-state index contributed by atoms with van der Waals surface area (Å²) < 4.78 is 39.3. The Morgan fingerprint density at radius 3 is 2.22 bits per heavy atom. The van der Waals surface area contributed by atoms with Crippen molar-refractivity contribution < 1.29 is 22.7 Å². The first-order chi connectivity index (χ1) is 26.6. The predicted molar refractivity (Wildman–Crippen MR) is 216 cm³/mol. The van der Waals surface area contributed by atoms with Gasteiger partial charge in [-0.1, -0.05) is 54.6 Å². The predicted octanol–water partition coefficient (Wildman–Crippen LogP) is 9.14. The van der Waals surface area contributed by atoms with Crippen molar-refractivity contribution in [3.63, 3.8) is 0 Å². The van der Waals surface area contributed by atoms with Crippen LogP contribution in [-0.2, 0) is 36.0 Å². The van der Waals surface area contributed by atoms with Crippen molar-refractivity contribution in [3.05, 3.63) is 179 Å². The zero-order valence-corrected chi connectivity index (χ0v) is 31.5. The highest BCUT2D eigenvalue weighted by molar-refractivity contribution is 7.92. The number of Topliss-reactive ketones (excluding diaryl/α,β-unsaturated/α-hetero) is 1. The summed E-state index contributed by atoms with van der Waals surface area (Å²) in [7, 11) is -3.48. The molecule has 278 valence electrons. The van der Waals surface area contributed by atoms with E-state index in [-0.39, 0.29) is 12.2 Å². The van der Waals surface area contributed by atoms with Crippen LogP contribution in [0.3, 0.4) is 0 Å². The van der Waals surface area contributed by atoms with Gasteiger partial charge < -0.3 is 14.4 Å². The average Bonchev–Trinajstić information content (AvgIpc) is 3.19. The second kappa shape index (κ2) is 18.0. The standard InChI is InChI=1S/C44H41N5O5S/c1-32-42(48-55(3,51)52)10-6-11-43(32)49(30-34-12-16-37(45-2)17-13-34)31-35-14-19-39(20-15-35)54-41-27-36(44(50)21-18-38-9-4-5-24-47-38)26-40(28-41)53-25-22-33-8-7-23-46-29-33/h4-17,19-20,23-24,26-29,48H,18,21-22,25,30-31H2,1,3H3. The largest absolute Gasteiger partial charge is 0.493 e. The fourth-order valence-electron chi connectivity index (χ4n) is 6.06. The number of benzene rings is 4. The van der Waals surface area contributed by atoms with E-state index in [4.69, 9.17) is 16.0 Å². The Morgan fingerprint density at radius 2 is 1.55 bits per heavy atom. The van der Waals surface area contributed by atoms with Gasteiger partial charge in [-0.05, 0) is 90.2 Å². The third-order valence-electron chi connectivity index (χ3n) is 8.83. The molecule has 2 aromatic heterocycles. The smallest absolute Gasteiger partial charge is 0.229 e. The molecule has 0 aliphatic heterocycles. The Balaban J connectivity index is 1.21. The van der Waals surface area contributed by atoms with E-state index in [1.54, 1.807) is 55.0 Å². The molecule has 0 saturated carbocycles. The van der Waals surface area contributed by atoms with E-state index in [1.165, 1.54) is 0 Å². The molecule has 0 radical (unpaired) electrons. The first kappa shape index (κ1) is 38.2. The average molecular weight is 752 g/mol. The normalized spacial score (nSPS) is 11.0. The van der Waals surface area contributed by atoms with Crippen LogP contribution in [0.25, 0.3) is 4.85 Å². The van der Waals surface area contributed by atoms with Gasteiger partial charge in [-0.15, -0.1) is 0 Å². The fourth-order valence-corrected chi connectivity index (χ4v) is 6.68. The number of sulfonamides is 1. The van der Waals surface area contributed by atoms with Crippen LogP contribution in [0, 0.1) is 13.5 Å². The summed E-state index contributed by atoms with van der Waals surface area (Å²) in [6, 6.07) is 35.5. The van der Waals surface area contributed by atoms with Crippen molar-refractivity contribution in [2.75, 3.05) is 22.5 Å². The molecule has 55 heavy (non-hydrogen) atoms. The number of pyridine rings is 2. The molecule has 6 rings (SSSR count). The summed E-state index contributed by atoms with van der Waals surface area (Å²) in [5.74, 6) is 1.55. The van der Waals surface area contributed by atoms with Crippen LogP contribution in [0.5, 0.6) is 17.2 Å². The number of hydrogen-bond donors (Lipinski definition) is 1.